The number of aliphatic carboxylic acids is 1. The molecule has 3 rings (SSSR count). The molecule has 0 aliphatic rings. The lowest BCUT2D eigenvalue weighted by Crippen LogP contribution is -2.35. The van der Waals surface area contributed by atoms with Gasteiger partial charge in [-0.05, 0) is 18.1 Å². The van der Waals surface area contributed by atoms with Crippen molar-refractivity contribution in [1.82, 2.24) is 4.98 Å². The molecule has 1 atom stereocenters. The Kier molecular flexibility index (Phi) is 6.90. The van der Waals surface area contributed by atoms with Crippen LogP contribution in [0, 0.1) is 5.92 Å². The number of aromatic nitrogens is 1. The van der Waals surface area contributed by atoms with Crippen molar-refractivity contribution in [2.75, 3.05) is 11.9 Å². The largest absolute Gasteiger partial charge is 0.481 e. The van der Waals surface area contributed by atoms with Crippen molar-refractivity contribution in [3.05, 3.63) is 69.5 Å². The summed E-state index contributed by atoms with van der Waals surface area (Å²) >= 11 is 13.6. The fourth-order valence-electron chi connectivity index (χ4n) is 2.97. The van der Waals surface area contributed by atoms with Crippen LogP contribution < -0.4 is 4.90 Å². The number of benzene rings is 2. The van der Waals surface area contributed by atoms with Crippen molar-refractivity contribution >= 4 is 51.5 Å². The summed E-state index contributed by atoms with van der Waals surface area (Å²) in [5, 5.41) is 12.3. The third kappa shape index (κ3) is 5.15. The number of hydrogen-bond donors (Lipinski definition) is 1. The summed E-state index contributed by atoms with van der Waals surface area (Å²) in [7, 11) is 1.60. The van der Waals surface area contributed by atoms with Crippen LogP contribution in [-0.4, -0.2) is 29.0 Å². The molecule has 0 aliphatic heterocycles. The maximum atomic E-state index is 13.0. The van der Waals surface area contributed by atoms with Gasteiger partial charge in [0, 0.05) is 18.0 Å². The van der Waals surface area contributed by atoms with Gasteiger partial charge < -0.3 is 5.11 Å². The third-order valence-corrected chi connectivity index (χ3v) is 6.17. The van der Waals surface area contributed by atoms with Crippen molar-refractivity contribution in [2.45, 2.75) is 12.8 Å². The van der Waals surface area contributed by atoms with E-state index in [1.807, 2.05) is 30.3 Å². The first-order chi connectivity index (χ1) is 13.9. The van der Waals surface area contributed by atoms with Gasteiger partial charge in [-0.25, -0.2) is 4.98 Å². The number of carboxylic acid groups (broad SMARTS) is 1. The van der Waals surface area contributed by atoms with Gasteiger partial charge in [0.1, 0.15) is 0 Å². The molecule has 0 bridgehead atoms. The number of anilines is 1. The molecule has 1 aromatic heterocycles. The van der Waals surface area contributed by atoms with Crippen LogP contribution in [0.25, 0.3) is 11.3 Å². The minimum atomic E-state index is -1.02. The number of carbonyl (C=O) groups is 2. The van der Waals surface area contributed by atoms with Crippen molar-refractivity contribution in [1.29, 1.82) is 0 Å². The van der Waals surface area contributed by atoms with Gasteiger partial charge in [0.2, 0.25) is 5.91 Å². The van der Waals surface area contributed by atoms with Crippen LogP contribution in [0.2, 0.25) is 10.0 Å². The standard InChI is InChI=1S/C21H18Cl2N2O3S/c1-25(20(28)14(11-18(26)27)10-13-6-3-2-4-7-13)21-24-17(12-29-21)15-8-5-9-16(22)19(15)23/h2-9,12,14H,10-11H2,1H3,(H,26,27)/t14-/m1/s1. The Morgan fingerprint density at radius 1 is 1.14 bits per heavy atom. The Balaban J connectivity index is 1.83. The summed E-state index contributed by atoms with van der Waals surface area (Å²) < 4.78 is 0. The lowest BCUT2D eigenvalue weighted by atomic mass is 9.95. The molecule has 0 saturated heterocycles. The van der Waals surface area contributed by atoms with Crippen LogP contribution in [0.3, 0.4) is 0 Å². The normalized spacial score (nSPS) is 11.8. The molecule has 0 spiro atoms. The Hall–Kier alpha value is -2.41. The maximum Gasteiger partial charge on any atom is 0.304 e. The lowest BCUT2D eigenvalue weighted by Gasteiger charge is -2.21. The first kappa shape index (κ1) is 21.3. The second-order valence-corrected chi connectivity index (χ2v) is 8.12. The molecule has 150 valence electrons. The minimum absolute atomic E-state index is 0.254. The number of halogens is 2. The number of thiazole rings is 1. The van der Waals surface area contributed by atoms with Crippen molar-refractivity contribution < 1.29 is 14.7 Å². The average Bonchev–Trinajstić information content (AvgIpc) is 3.19. The Morgan fingerprint density at radius 3 is 2.55 bits per heavy atom. The molecule has 1 heterocycles. The molecule has 1 amide bonds. The van der Waals surface area contributed by atoms with Crippen molar-refractivity contribution in [2.24, 2.45) is 5.92 Å². The highest BCUT2D eigenvalue weighted by atomic mass is 35.5. The highest BCUT2D eigenvalue weighted by molar-refractivity contribution is 7.14. The Bertz CT molecular complexity index is 1020. The molecule has 0 radical (unpaired) electrons. The third-order valence-electron chi connectivity index (χ3n) is 4.43. The summed E-state index contributed by atoms with van der Waals surface area (Å²) in [6, 6.07) is 14.6. The summed E-state index contributed by atoms with van der Waals surface area (Å²) in [6.45, 7) is 0. The van der Waals surface area contributed by atoms with Crippen LogP contribution in [-0.2, 0) is 16.0 Å². The summed E-state index contributed by atoms with van der Waals surface area (Å²) in [5.74, 6) is -2.01. The van der Waals surface area contributed by atoms with Gasteiger partial charge in [-0.1, -0.05) is 65.7 Å². The second-order valence-electron chi connectivity index (χ2n) is 6.50. The molecule has 3 aromatic rings. The van der Waals surface area contributed by atoms with E-state index >= 15 is 0 Å². The van der Waals surface area contributed by atoms with E-state index in [4.69, 9.17) is 23.2 Å². The zero-order valence-electron chi connectivity index (χ0n) is 15.5. The molecule has 0 unspecified atom stereocenters. The Morgan fingerprint density at radius 2 is 1.86 bits per heavy atom. The van der Waals surface area contributed by atoms with Gasteiger partial charge in [-0.3, -0.25) is 14.5 Å². The van der Waals surface area contributed by atoms with Gasteiger partial charge in [0.05, 0.1) is 28.1 Å². The second kappa shape index (κ2) is 9.39. The molecular weight excluding hydrogens is 431 g/mol. The van der Waals surface area contributed by atoms with E-state index in [9.17, 15) is 14.7 Å². The SMILES string of the molecule is CN(C(=O)[C@@H](CC(=O)O)Cc1ccccc1)c1nc(-c2cccc(Cl)c2Cl)cs1. The van der Waals surface area contributed by atoms with Gasteiger partial charge in [0.25, 0.3) is 0 Å². The van der Waals surface area contributed by atoms with E-state index in [-0.39, 0.29) is 12.3 Å². The molecule has 0 fully saturated rings. The fourth-order valence-corrected chi connectivity index (χ4v) is 4.16. The molecular formula is C21H18Cl2N2O3S. The number of amides is 1. The highest BCUT2D eigenvalue weighted by Crippen LogP contribution is 2.35. The predicted molar refractivity (Wildman–Crippen MR) is 117 cm³/mol. The molecule has 1 N–H and O–H groups in total. The summed E-state index contributed by atoms with van der Waals surface area (Å²) in [5.41, 5.74) is 2.19. The maximum absolute atomic E-state index is 13.0. The lowest BCUT2D eigenvalue weighted by molar-refractivity contribution is -0.140. The van der Waals surface area contributed by atoms with E-state index in [1.165, 1.54) is 16.2 Å². The first-order valence-corrected chi connectivity index (χ1v) is 10.4. The molecule has 0 aliphatic carbocycles. The summed E-state index contributed by atoms with van der Waals surface area (Å²) in [6.07, 6.45) is 0.0884. The Labute approximate surface area is 182 Å². The first-order valence-electron chi connectivity index (χ1n) is 8.80. The van der Waals surface area contributed by atoms with E-state index in [0.29, 0.717) is 32.9 Å². The quantitative estimate of drug-likeness (QED) is 0.524. The average molecular weight is 449 g/mol. The zero-order valence-corrected chi connectivity index (χ0v) is 17.8. The fraction of sp³-hybridized carbons (Fsp3) is 0.190. The van der Waals surface area contributed by atoms with E-state index in [2.05, 4.69) is 4.98 Å². The van der Waals surface area contributed by atoms with Crippen LogP contribution in [0.4, 0.5) is 5.13 Å². The number of hydrogen-bond acceptors (Lipinski definition) is 4. The number of carboxylic acids is 1. The van der Waals surface area contributed by atoms with Crippen LogP contribution >= 0.6 is 34.5 Å². The van der Waals surface area contributed by atoms with Gasteiger partial charge >= 0.3 is 5.97 Å². The molecule has 0 saturated carbocycles. The predicted octanol–water partition coefficient (Wildman–Crippen LogP) is 5.41. The van der Waals surface area contributed by atoms with E-state index in [1.54, 1.807) is 30.6 Å². The minimum Gasteiger partial charge on any atom is -0.481 e. The highest BCUT2D eigenvalue weighted by Gasteiger charge is 2.27. The number of rotatable bonds is 7. The molecule has 2 aromatic carbocycles. The van der Waals surface area contributed by atoms with E-state index in [0.717, 1.165) is 5.56 Å². The summed E-state index contributed by atoms with van der Waals surface area (Å²) in [4.78, 5) is 30.3. The zero-order chi connectivity index (χ0) is 21.0. The monoisotopic (exact) mass is 448 g/mol. The van der Waals surface area contributed by atoms with Crippen molar-refractivity contribution in [3.8, 4) is 11.3 Å². The van der Waals surface area contributed by atoms with Gasteiger partial charge in [-0.2, -0.15) is 0 Å². The van der Waals surface area contributed by atoms with Crippen LogP contribution in [0.1, 0.15) is 12.0 Å². The van der Waals surface area contributed by atoms with Crippen molar-refractivity contribution in [3.63, 3.8) is 0 Å². The number of nitrogens with zero attached hydrogens (tertiary/aromatic N) is 2. The number of carbonyl (C=O) groups excluding carboxylic acids is 1. The van der Waals surface area contributed by atoms with E-state index < -0.39 is 11.9 Å². The van der Waals surface area contributed by atoms with Crippen LogP contribution in [0.15, 0.2) is 53.9 Å². The van der Waals surface area contributed by atoms with Gasteiger partial charge in [0.15, 0.2) is 5.13 Å². The van der Waals surface area contributed by atoms with Crippen LogP contribution in [0.5, 0.6) is 0 Å². The topological polar surface area (TPSA) is 70.5 Å². The molecule has 29 heavy (non-hydrogen) atoms. The molecule has 5 nitrogen and oxygen atoms in total. The smallest absolute Gasteiger partial charge is 0.304 e. The van der Waals surface area contributed by atoms with Gasteiger partial charge in [-0.15, -0.1) is 11.3 Å². The molecule has 8 heteroatoms.